The maximum atomic E-state index is 12.7. The molecule has 0 fully saturated rings. The molecule has 0 N–H and O–H groups in total. The minimum absolute atomic E-state index is 0.0993. The third-order valence-corrected chi connectivity index (χ3v) is 11.9. The molecule has 0 spiro atoms. The Morgan fingerprint density at radius 1 is 0.275 bits per heavy atom. The van der Waals surface area contributed by atoms with Gasteiger partial charge in [0.05, 0.1) is 106 Å². The second-order valence-corrected chi connectivity index (χ2v) is 18.1. The molecule has 20 heteroatoms. The molecule has 0 aliphatic carbocycles. The van der Waals surface area contributed by atoms with Gasteiger partial charge < -0.3 is 85.3 Å². The Bertz CT molecular complexity index is 2120. The number of para-hydroxylation sites is 4. The van der Waals surface area contributed by atoms with Crippen LogP contribution in [0.3, 0.4) is 0 Å². The standard InChI is InChI=1S/C60H82O20/c61-59(79-47-49-17-19-55-57(45-49)77-43-35-69-27-25-65-31-39-73-53-13-9-7-11-51(53)71-37-29-63-21-23-67-33-41-75-55)15-5-3-1-2-4-6-16-60(62)80-48-50-18-20-56-58(46-50)78-44-36-70-28-26-66-32-40-74-54-14-10-8-12-52(54)72-38-30-64-22-24-68-34-42-76-56/h7-14,17-20,45-46H,1-6,15-16,21-44,47-48H2. The molecule has 2 aliphatic rings. The van der Waals surface area contributed by atoms with Crippen LogP contribution >= 0.6 is 0 Å². The van der Waals surface area contributed by atoms with Crippen LogP contribution in [0.15, 0.2) is 84.9 Å². The molecule has 442 valence electrons. The highest BCUT2D eigenvalue weighted by Gasteiger charge is 2.14. The number of hydrogen-bond donors (Lipinski definition) is 0. The zero-order chi connectivity index (χ0) is 55.6. The summed E-state index contributed by atoms with van der Waals surface area (Å²) in [5.74, 6) is 4.15. The van der Waals surface area contributed by atoms with Crippen LogP contribution in [0.5, 0.6) is 46.0 Å². The zero-order valence-corrected chi connectivity index (χ0v) is 46.3. The molecule has 0 saturated heterocycles. The zero-order valence-electron chi connectivity index (χ0n) is 46.3. The first-order valence-electron chi connectivity index (χ1n) is 28.0. The summed E-state index contributed by atoms with van der Waals surface area (Å²) in [6, 6.07) is 25.9. The third-order valence-electron chi connectivity index (χ3n) is 11.9. The molecule has 0 bridgehead atoms. The lowest BCUT2D eigenvalue weighted by Gasteiger charge is -2.15. The number of ether oxygens (including phenoxy) is 18. The van der Waals surface area contributed by atoms with Crippen LogP contribution in [-0.4, -0.2) is 171 Å². The second kappa shape index (κ2) is 41.0. The molecular formula is C60H82O20. The average Bonchev–Trinajstić information content (AvgIpc) is 3.47. The van der Waals surface area contributed by atoms with E-state index >= 15 is 0 Å². The molecule has 0 unspecified atom stereocenters. The van der Waals surface area contributed by atoms with E-state index < -0.39 is 0 Å². The number of rotatable bonds is 13. The molecule has 6 rings (SSSR count). The van der Waals surface area contributed by atoms with Crippen molar-refractivity contribution in [2.75, 3.05) is 159 Å². The number of hydrogen-bond acceptors (Lipinski definition) is 20. The minimum atomic E-state index is -0.269. The molecule has 2 aliphatic heterocycles. The minimum Gasteiger partial charge on any atom is -0.487 e. The van der Waals surface area contributed by atoms with Gasteiger partial charge in [-0.3, -0.25) is 9.59 Å². The highest BCUT2D eigenvalue weighted by molar-refractivity contribution is 5.69. The molecule has 4 aromatic carbocycles. The monoisotopic (exact) mass is 1120 g/mol. The lowest BCUT2D eigenvalue weighted by Crippen LogP contribution is -2.15. The van der Waals surface area contributed by atoms with Crippen molar-refractivity contribution in [1.29, 1.82) is 0 Å². The molecule has 0 radical (unpaired) electrons. The molecular weight excluding hydrogens is 1040 g/mol. The Morgan fingerprint density at radius 3 is 0.775 bits per heavy atom. The van der Waals surface area contributed by atoms with E-state index in [0.717, 1.165) is 36.8 Å². The Balaban J connectivity index is 0.818. The van der Waals surface area contributed by atoms with E-state index in [4.69, 9.17) is 85.3 Å². The van der Waals surface area contributed by atoms with Crippen molar-refractivity contribution in [1.82, 2.24) is 0 Å². The van der Waals surface area contributed by atoms with Crippen molar-refractivity contribution in [2.45, 2.75) is 64.6 Å². The van der Waals surface area contributed by atoms with Crippen LogP contribution in [0.4, 0.5) is 0 Å². The largest absolute Gasteiger partial charge is 0.487 e. The predicted molar refractivity (Wildman–Crippen MR) is 293 cm³/mol. The van der Waals surface area contributed by atoms with Gasteiger partial charge in [-0.05, 0) is 72.5 Å². The summed E-state index contributed by atoms with van der Waals surface area (Å²) in [4.78, 5) is 25.4. The summed E-state index contributed by atoms with van der Waals surface area (Å²) in [5, 5.41) is 0. The van der Waals surface area contributed by atoms with E-state index in [1.807, 2.05) is 72.8 Å². The summed E-state index contributed by atoms with van der Waals surface area (Å²) in [7, 11) is 0. The average molecular weight is 1120 g/mol. The number of fused-ring (bicyclic) bond motifs is 4. The topological polar surface area (TPSA) is 200 Å². The van der Waals surface area contributed by atoms with Crippen LogP contribution in [0.2, 0.25) is 0 Å². The van der Waals surface area contributed by atoms with Gasteiger partial charge in [0.15, 0.2) is 46.0 Å². The fraction of sp³-hybridized carbons (Fsp3) is 0.567. The molecule has 0 amide bonds. The van der Waals surface area contributed by atoms with Gasteiger partial charge in [0.2, 0.25) is 0 Å². The molecule has 2 heterocycles. The SMILES string of the molecule is O=C(CCCCCCCCC(=O)OCc1ccc2c(c1)OCCOCCOCCOc1ccccc1OCCOCCOCCO2)OCc1ccc2c(c1)OCCOCCOCCOc1ccccc1OCCOCCOCCO2. The number of esters is 2. The molecule has 0 aromatic heterocycles. The van der Waals surface area contributed by atoms with Crippen molar-refractivity contribution in [3.8, 4) is 46.0 Å². The van der Waals surface area contributed by atoms with Gasteiger partial charge in [-0.2, -0.15) is 0 Å². The van der Waals surface area contributed by atoms with Crippen molar-refractivity contribution in [3.63, 3.8) is 0 Å². The van der Waals surface area contributed by atoms with Crippen molar-refractivity contribution in [3.05, 3.63) is 96.1 Å². The Labute approximate surface area is 470 Å². The van der Waals surface area contributed by atoms with E-state index in [2.05, 4.69) is 0 Å². The highest BCUT2D eigenvalue weighted by atomic mass is 16.6. The first-order valence-corrected chi connectivity index (χ1v) is 28.0. The summed E-state index contributed by atoms with van der Waals surface area (Å²) in [6.45, 7) is 8.99. The maximum Gasteiger partial charge on any atom is 0.306 e. The number of carbonyl (C=O) groups excluding carboxylic acids is 2. The van der Waals surface area contributed by atoms with E-state index in [-0.39, 0.29) is 38.4 Å². The van der Waals surface area contributed by atoms with Crippen molar-refractivity contribution < 1.29 is 94.9 Å². The molecule has 20 nitrogen and oxygen atoms in total. The number of unbranched alkanes of at least 4 members (excludes halogenated alkanes) is 5. The van der Waals surface area contributed by atoms with Crippen LogP contribution in [0, 0.1) is 0 Å². The third kappa shape index (κ3) is 27.4. The molecule has 4 aromatic rings. The van der Waals surface area contributed by atoms with E-state index in [1.54, 1.807) is 12.1 Å². The number of carbonyl (C=O) groups is 2. The molecule has 0 saturated carbocycles. The van der Waals surface area contributed by atoms with Crippen LogP contribution in [-0.2, 0) is 70.2 Å². The smallest absolute Gasteiger partial charge is 0.306 e. The predicted octanol–water partition coefficient (Wildman–Crippen LogP) is 8.18. The maximum absolute atomic E-state index is 12.7. The highest BCUT2D eigenvalue weighted by Crippen LogP contribution is 2.31. The second-order valence-electron chi connectivity index (χ2n) is 18.1. The lowest BCUT2D eigenvalue weighted by molar-refractivity contribution is -0.146. The van der Waals surface area contributed by atoms with Crippen molar-refractivity contribution in [2.24, 2.45) is 0 Å². The fourth-order valence-corrected chi connectivity index (χ4v) is 7.82. The van der Waals surface area contributed by atoms with Gasteiger partial charge >= 0.3 is 11.9 Å². The molecule has 80 heavy (non-hydrogen) atoms. The summed E-state index contributed by atoms with van der Waals surface area (Å²) < 4.78 is 104. The van der Waals surface area contributed by atoms with Crippen molar-refractivity contribution >= 4 is 11.9 Å². The first kappa shape index (κ1) is 63.1. The van der Waals surface area contributed by atoms with Crippen LogP contribution in [0.1, 0.15) is 62.5 Å². The van der Waals surface area contributed by atoms with E-state index in [1.165, 1.54) is 0 Å². The Morgan fingerprint density at radius 2 is 0.500 bits per heavy atom. The quantitative estimate of drug-likeness (QED) is 0.0915. The van der Waals surface area contributed by atoms with Gasteiger partial charge in [0.1, 0.15) is 66.1 Å². The summed E-state index contributed by atoms with van der Waals surface area (Å²) in [5.41, 5.74) is 1.53. The van der Waals surface area contributed by atoms with Crippen LogP contribution < -0.4 is 37.9 Å². The van der Waals surface area contributed by atoms with Gasteiger partial charge in [-0.15, -0.1) is 0 Å². The first-order chi connectivity index (χ1) is 39.6. The normalized spacial score (nSPS) is 17.1. The summed E-state index contributed by atoms with van der Waals surface area (Å²) >= 11 is 0. The van der Waals surface area contributed by atoms with E-state index in [9.17, 15) is 9.59 Å². The van der Waals surface area contributed by atoms with Gasteiger partial charge in [0, 0.05) is 12.8 Å². The lowest BCUT2D eigenvalue weighted by atomic mass is 10.1. The van der Waals surface area contributed by atoms with Gasteiger partial charge in [-0.25, -0.2) is 0 Å². The molecule has 0 atom stereocenters. The van der Waals surface area contributed by atoms with E-state index in [0.29, 0.717) is 217 Å². The summed E-state index contributed by atoms with van der Waals surface area (Å²) in [6.07, 6.45) is 5.69. The fourth-order valence-electron chi connectivity index (χ4n) is 7.82. The van der Waals surface area contributed by atoms with Gasteiger partial charge in [0.25, 0.3) is 0 Å². The Kier molecular flexibility index (Phi) is 32.3. The van der Waals surface area contributed by atoms with Crippen LogP contribution in [0.25, 0.3) is 0 Å². The Hall–Kier alpha value is -6.10. The van der Waals surface area contributed by atoms with Gasteiger partial charge in [-0.1, -0.05) is 62.1 Å². The number of benzene rings is 4.